The summed E-state index contributed by atoms with van der Waals surface area (Å²) in [5.41, 5.74) is -1.65. The quantitative estimate of drug-likeness (QED) is 0.525. The van der Waals surface area contributed by atoms with Crippen LogP contribution < -0.4 is 0 Å². The maximum Gasteiger partial charge on any atom is 0.258 e. The molecule has 0 heterocycles. The summed E-state index contributed by atoms with van der Waals surface area (Å²) < 4.78 is 27.5. The first-order valence-electron chi connectivity index (χ1n) is 4.59. The summed E-state index contributed by atoms with van der Waals surface area (Å²) in [6.45, 7) is 6.70. The van der Waals surface area contributed by atoms with Gasteiger partial charge in [0.25, 0.3) is 5.92 Å². The van der Waals surface area contributed by atoms with E-state index in [0.717, 1.165) is 6.42 Å². The van der Waals surface area contributed by atoms with Crippen LogP contribution in [0.4, 0.5) is 8.78 Å². The Morgan fingerprint density at radius 2 is 1.17 bits per heavy atom. The second-order valence-corrected chi connectivity index (χ2v) is 5.20. The average molecular weight is 176 g/mol. The predicted octanol–water partition coefficient (Wildman–Crippen LogP) is 3.86. The molecule has 0 aromatic carbocycles. The topological polar surface area (TPSA) is 0 Å². The highest BCUT2D eigenvalue weighted by atomic mass is 19.3. The molecule has 0 aliphatic heterocycles. The van der Waals surface area contributed by atoms with E-state index in [4.69, 9.17) is 0 Å². The van der Waals surface area contributed by atoms with Crippen LogP contribution in [0.25, 0.3) is 0 Å². The van der Waals surface area contributed by atoms with Crippen molar-refractivity contribution in [1.82, 2.24) is 0 Å². The third-order valence-electron chi connectivity index (χ3n) is 3.30. The zero-order chi connectivity index (χ0) is 9.62. The molecule has 0 nitrogen and oxygen atoms in total. The lowest BCUT2D eigenvalue weighted by atomic mass is 9.62. The van der Waals surface area contributed by atoms with Gasteiger partial charge in [0.15, 0.2) is 0 Å². The van der Waals surface area contributed by atoms with Gasteiger partial charge in [-0.2, -0.15) is 0 Å². The largest absolute Gasteiger partial charge is 0.258 e. The SMILES string of the molecule is CC1(C)CCCC(C)(C)C1(F)F. The molecule has 72 valence electrons. The Balaban J connectivity index is 2.99. The summed E-state index contributed by atoms with van der Waals surface area (Å²) in [5, 5.41) is 0. The Hall–Kier alpha value is -0.140. The van der Waals surface area contributed by atoms with E-state index in [1.165, 1.54) is 0 Å². The molecule has 1 aliphatic rings. The standard InChI is InChI=1S/C10H18F2/c1-8(2)6-5-7-9(3,4)10(8,11)12/h5-7H2,1-4H3. The Kier molecular flexibility index (Phi) is 2.01. The summed E-state index contributed by atoms with van der Waals surface area (Å²) in [6, 6.07) is 0. The highest BCUT2D eigenvalue weighted by Gasteiger charge is 2.58. The molecular formula is C10H18F2. The molecule has 0 aromatic rings. The van der Waals surface area contributed by atoms with E-state index in [1.54, 1.807) is 27.7 Å². The van der Waals surface area contributed by atoms with E-state index < -0.39 is 16.8 Å². The molecule has 1 rings (SSSR count). The van der Waals surface area contributed by atoms with Gasteiger partial charge >= 0.3 is 0 Å². The molecule has 0 amide bonds. The Bertz CT molecular complexity index is 162. The van der Waals surface area contributed by atoms with Gasteiger partial charge in [0.1, 0.15) is 0 Å². The second kappa shape index (κ2) is 2.43. The van der Waals surface area contributed by atoms with Gasteiger partial charge in [-0.15, -0.1) is 0 Å². The van der Waals surface area contributed by atoms with Crippen molar-refractivity contribution in [2.75, 3.05) is 0 Å². The monoisotopic (exact) mass is 176 g/mol. The number of hydrogen-bond acceptors (Lipinski definition) is 0. The minimum Gasteiger partial charge on any atom is -0.206 e. The van der Waals surface area contributed by atoms with E-state index in [-0.39, 0.29) is 0 Å². The minimum absolute atomic E-state index is 0.642. The molecule has 12 heavy (non-hydrogen) atoms. The van der Waals surface area contributed by atoms with Crippen LogP contribution in [0.1, 0.15) is 47.0 Å². The van der Waals surface area contributed by atoms with Crippen LogP contribution in [-0.4, -0.2) is 5.92 Å². The molecule has 0 saturated heterocycles. The molecule has 0 aromatic heterocycles. The highest BCUT2D eigenvalue weighted by molar-refractivity contribution is 4.99. The minimum atomic E-state index is -2.53. The van der Waals surface area contributed by atoms with Crippen molar-refractivity contribution in [3.8, 4) is 0 Å². The van der Waals surface area contributed by atoms with E-state index in [0.29, 0.717) is 12.8 Å². The van der Waals surface area contributed by atoms with E-state index >= 15 is 0 Å². The summed E-state index contributed by atoms with van der Waals surface area (Å²) in [5.74, 6) is -2.53. The molecule has 1 aliphatic carbocycles. The Morgan fingerprint density at radius 1 is 0.833 bits per heavy atom. The maximum absolute atomic E-state index is 13.8. The van der Waals surface area contributed by atoms with Crippen molar-refractivity contribution in [1.29, 1.82) is 0 Å². The third-order valence-corrected chi connectivity index (χ3v) is 3.30. The van der Waals surface area contributed by atoms with Gasteiger partial charge in [0.05, 0.1) is 0 Å². The van der Waals surface area contributed by atoms with Crippen molar-refractivity contribution in [3.05, 3.63) is 0 Å². The molecule has 1 fully saturated rings. The van der Waals surface area contributed by atoms with Crippen molar-refractivity contribution < 1.29 is 8.78 Å². The number of alkyl halides is 2. The van der Waals surface area contributed by atoms with Crippen LogP contribution in [-0.2, 0) is 0 Å². The van der Waals surface area contributed by atoms with Crippen LogP contribution >= 0.6 is 0 Å². The van der Waals surface area contributed by atoms with Crippen LogP contribution in [0.5, 0.6) is 0 Å². The fourth-order valence-electron chi connectivity index (χ4n) is 2.20. The number of halogens is 2. The van der Waals surface area contributed by atoms with Crippen LogP contribution in [0.3, 0.4) is 0 Å². The molecule has 0 bridgehead atoms. The van der Waals surface area contributed by atoms with Crippen molar-refractivity contribution in [2.24, 2.45) is 10.8 Å². The normalized spacial score (nSPS) is 31.5. The van der Waals surface area contributed by atoms with Crippen molar-refractivity contribution >= 4 is 0 Å². The van der Waals surface area contributed by atoms with Gasteiger partial charge in [-0.1, -0.05) is 34.1 Å². The fourth-order valence-corrected chi connectivity index (χ4v) is 2.20. The molecule has 2 heteroatoms. The molecule has 0 radical (unpaired) electrons. The second-order valence-electron chi connectivity index (χ2n) is 5.20. The first kappa shape index (κ1) is 9.94. The number of hydrogen-bond donors (Lipinski definition) is 0. The van der Waals surface area contributed by atoms with Gasteiger partial charge in [-0.25, -0.2) is 8.78 Å². The van der Waals surface area contributed by atoms with Crippen LogP contribution in [0, 0.1) is 10.8 Å². The predicted molar refractivity (Wildman–Crippen MR) is 46.4 cm³/mol. The first-order chi connectivity index (χ1) is 5.21. The van der Waals surface area contributed by atoms with Crippen LogP contribution in [0.2, 0.25) is 0 Å². The summed E-state index contributed by atoms with van der Waals surface area (Å²) in [6.07, 6.45) is 2.21. The van der Waals surface area contributed by atoms with E-state index in [1.807, 2.05) is 0 Å². The zero-order valence-electron chi connectivity index (χ0n) is 8.38. The molecule has 0 spiro atoms. The molecular weight excluding hydrogens is 158 g/mol. The first-order valence-corrected chi connectivity index (χ1v) is 4.59. The van der Waals surface area contributed by atoms with Crippen LogP contribution in [0.15, 0.2) is 0 Å². The zero-order valence-corrected chi connectivity index (χ0v) is 8.38. The maximum atomic E-state index is 13.8. The summed E-state index contributed by atoms with van der Waals surface area (Å²) in [4.78, 5) is 0. The third kappa shape index (κ3) is 1.16. The van der Waals surface area contributed by atoms with Gasteiger partial charge in [0.2, 0.25) is 0 Å². The molecule has 1 saturated carbocycles. The van der Waals surface area contributed by atoms with Gasteiger partial charge in [-0.05, 0) is 12.8 Å². The lowest BCUT2D eigenvalue weighted by Gasteiger charge is -2.48. The van der Waals surface area contributed by atoms with Crippen molar-refractivity contribution in [2.45, 2.75) is 52.9 Å². The number of rotatable bonds is 0. The smallest absolute Gasteiger partial charge is 0.206 e. The van der Waals surface area contributed by atoms with Gasteiger partial charge in [0, 0.05) is 10.8 Å². The molecule has 0 unspecified atom stereocenters. The van der Waals surface area contributed by atoms with Crippen molar-refractivity contribution in [3.63, 3.8) is 0 Å². The van der Waals surface area contributed by atoms with Gasteiger partial charge in [-0.3, -0.25) is 0 Å². The van der Waals surface area contributed by atoms with Gasteiger partial charge < -0.3 is 0 Å². The lowest BCUT2D eigenvalue weighted by Crippen LogP contribution is -2.51. The lowest BCUT2D eigenvalue weighted by molar-refractivity contribution is -0.210. The highest BCUT2D eigenvalue weighted by Crippen LogP contribution is 2.56. The molecule has 0 atom stereocenters. The Labute approximate surface area is 73.3 Å². The van der Waals surface area contributed by atoms with E-state index in [9.17, 15) is 8.78 Å². The van der Waals surface area contributed by atoms with E-state index in [2.05, 4.69) is 0 Å². The Morgan fingerprint density at radius 3 is 1.42 bits per heavy atom. The fraction of sp³-hybridized carbons (Fsp3) is 1.00. The summed E-state index contributed by atoms with van der Waals surface area (Å²) >= 11 is 0. The average Bonchev–Trinajstić information content (AvgIpc) is 1.83. The molecule has 0 N–H and O–H groups in total. The summed E-state index contributed by atoms with van der Waals surface area (Å²) in [7, 11) is 0.